The predicted molar refractivity (Wildman–Crippen MR) is 114 cm³/mol. The summed E-state index contributed by atoms with van der Waals surface area (Å²) >= 11 is 5.81. The molecule has 1 aliphatic heterocycles. The molecular formula is C21H26ClF4N3O3. The molecule has 178 valence electrons. The maximum atomic E-state index is 14.7. The van der Waals surface area contributed by atoms with Crippen LogP contribution < -0.4 is 5.32 Å². The molecule has 0 radical (unpaired) electrons. The molecule has 1 aliphatic carbocycles. The number of aliphatic imine (C=N–C) groups is 1. The zero-order chi connectivity index (χ0) is 24.1. The molecule has 0 aromatic heterocycles. The maximum Gasteiger partial charge on any atom is 0.414 e. The van der Waals surface area contributed by atoms with Crippen molar-refractivity contribution in [1.29, 1.82) is 0 Å². The van der Waals surface area contributed by atoms with Crippen LogP contribution in [0.2, 0.25) is 0 Å². The summed E-state index contributed by atoms with van der Waals surface area (Å²) in [5.74, 6) is 0. The first-order chi connectivity index (χ1) is 15.0. The molecule has 0 spiro atoms. The average Bonchev–Trinajstić information content (AvgIpc) is 2.73. The molecule has 0 saturated heterocycles. The van der Waals surface area contributed by atoms with E-state index in [1.54, 1.807) is 6.08 Å². The van der Waals surface area contributed by atoms with Gasteiger partial charge in [-0.1, -0.05) is 18.7 Å². The van der Waals surface area contributed by atoms with E-state index in [4.69, 9.17) is 16.7 Å². The van der Waals surface area contributed by atoms with Gasteiger partial charge in [-0.15, -0.1) is 11.6 Å². The second-order valence-corrected chi connectivity index (χ2v) is 8.00. The third kappa shape index (κ3) is 6.66. The van der Waals surface area contributed by atoms with Gasteiger partial charge in [-0.3, -0.25) is 4.99 Å². The van der Waals surface area contributed by atoms with E-state index in [1.165, 1.54) is 18.0 Å². The molecule has 2 amide bonds. The fraction of sp³-hybridized carbons (Fsp3) is 0.524. The lowest BCUT2D eigenvalue weighted by molar-refractivity contribution is -0.0936. The third-order valence-electron chi connectivity index (χ3n) is 5.24. The van der Waals surface area contributed by atoms with Crippen molar-refractivity contribution in [3.8, 4) is 0 Å². The van der Waals surface area contributed by atoms with Crippen molar-refractivity contribution in [3.05, 3.63) is 47.2 Å². The first-order valence-corrected chi connectivity index (χ1v) is 10.4. The predicted octanol–water partition coefficient (Wildman–Crippen LogP) is 3.42. The zero-order valence-electron chi connectivity index (χ0n) is 17.5. The zero-order valence-corrected chi connectivity index (χ0v) is 18.3. The van der Waals surface area contributed by atoms with Gasteiger partial charge in [0.2, 0.25) is 0 Å². The van der Waals surface area contributed by atoms with Crippen molar-refractivity contribution in [2.75, 3.05) is 26.7 Å². The van der Waals surface area contributed by atoms with Crippen molar-refractivity contribution >= 4 is 23.3 Å². The number of amides is 2. The van der Waals surface area contributed by atoms with E-state index in [1.807, 2.05) is 0 Å². The van der Waals surface area contributed by atoms with E-state index in [9.17, 15) is 27.5 Å². The number of carbonyl (C=O) groups excluding carboxylic acids is 1. The number of aliphatic hydroxyl groups excluding tert-OH is 2. The molecule has 0 aromatic carbocycles. The van der Waals surface area contributed by atoms with Crippen molar-refractivity contribution in [1.82, 2.24) is 10.2 Å². The Hall–Kier alpha value is -2.17. The number of halogens is 5. The fourth-order valence-electron chi connectivity index (χ4n) is 3.41. The van der Waals surface area contributed by atoms with Gasteiger partial charge in [-0.05, 0) is 23.6 Å². The Labute approximate surface area is 188 Å². The number of hydrogen-bond donors (Lipinski definition) is 3. The van der Waals surface area contributed by atoms with Crippen LogP contribution in [0.3, 0.4) is 0 Å². The lowest BCUT2D eigenvalue weighted by Crippen LogP contribution is -2.43. The Morgan fingerprint density at radius 3 is 2.62 bits per heavy atom. The minimum Gasteiger partial charge on any atom is -0.393 e. The maximum absolute atomic E-state index is 14.7. The summed E-state index contributed by atoms with van der Waals surface area (Å²) in [6.07, 6.45) is -3.59. The van der Waals surface area contributed by atoms with Crippen molar-refractivity contribution in [2.45, 2.75) is 43.1 Å². The van der Waals surface area contributed by atoms with E-state index in [2.05, 4.69) is 16.9 Å². The molecule has 2 aliphatic rings. The highest BCUT2D eigenvalue weighted by atomic mass is 35.5. The molecule has 0 bridgehead atoms. The number of allylic oxidation sites excluding steroid dienone is 4. The Morgan fingerprint density at radius 2 is 2.12 bits per heavy atom. The second kappa shape index (κ2) is 11.1. The summed E-state index contributed by atoms with van der Waals surface area (Å²) in [6, 6.07) is -0.495. The molecule has 1 heterocycles. The quantitative estimate of drug-likeness (QED) is 0.226. The summed E-state index contributed by atoms with van der Waals surface area (Å²) in [5.41, 5.74) is 0.369. The molecule has 3 N–H and O–H groups in total. The number of hydrogen-bond acceptors (Lipinski definition) is 4. The van der Waals surface area contributed by atoms with Gasteiger partial charge in [0.15, 0.2) is 0 Å². The van der Waals surface area contributed by atoms with Crippen LogP contribution in [-0.2, 0) is 0 Å². The number of alkyl halides is 5. The van der Waals surface area contributed by atoms with Gasteiger partial charge in [0.1, 0.15) is 6.17 Å². The molecule has 32 heavy (non-hydrogen) atoms. The average molecular weight is 480 g/mol. The summed E-state index contributed by atoms with van der Waals surface area (Å²) in [4.78, 5) is 17.9. The number of rotatable bonds is 7. The normalized spacial score (nSPS) is 21.9. The molecule has 3 atom stereocenters. The van der Waals surface area contributed by atoms with Crippen molar-refractivity contribution in [3.63, 3.8) is 0 Å². The van der Waals surface area contributed by atoms with E-state index in [0.717, 1.165) is 6.08 Å². The van der Waals surface area contributed by atoms with E-state index in [-0.39, 0.29) is 42.9 Å². The van der Waals surface area contributed by atoms with Crippen LogP contribution in [0.4, 0.5) is 22.4 Å². The van der Waals surface area contributed by atoms with Crippen LogP contribution in [0.1, 0.15) is 19.3 Å². The van der Waals surface area contributed by atoms with E-state index < -0.39 is 42.0 Å². The third-order valence-corrected chi connectivity index (χ3v) is 5.63. The monoisotopic (exact) mass is 479 g/mol. The molecule has 6 nitrogen and oxygen atoms in total. The SMILES string of the molecule is C=C(CC(F)C(=NC)C1=CCN(C(=O)NC2=CC=C(C(F)(F)F)C(Cl)C2)CC1)[C@H](O)CO. The number of carbonyl (C=O) groups is 1. The highest BCUT2D eigenvalue weighted by Crippen LogP contribution is 2.35. The van der Waals surface area contributed by atoms with Gasteiger partial charge in [-0.2, -0.15) is 13.2 Å². The summed E-state index contributed by atoms with van der Waals surface area (Å²) < 4.78 is 53.2. The first kappa shape index (κ1) is 26.1. The van der Waals surface area contributed by atoms with Crippen molar-refractivity contribution in [2.24, 2.45) is 4.99 Å². The standard InChI is InChI=1S/C21H26ClF4N3O3/c1-12(18(31)11-30)9-17(23)19(27-2)13-5-7-29(8-6-13)20(32)28-14-3-4-15(16(22)10-14)21(24,25)26/h3-5,16-18,30-31H,1,6-11H2,2H3,(H,28,32)/t16?,17?,18-/m1/s1. The highest BCUT2D eigenvalue weighted by Gasteiger charge is 2.39. The van der Waals surface area contributed by atoms with Gasteiger partial charge in [0.05, 0.1) is 29.4 Å². The summed E-state index contributed by atoms with van der Waals surface area (Å²) in [6.45, 7) is 3.44. The van der Waals surface area contributed by atoms with Crippen LogP contribution in [0.15, 0.2) is 52.2 Å². The topological polar surface area (TPSA) is 85.2 Å². The first-order valence-electron chi connectivity index (χ1n) is 9.92. The van der Waals surface area contributed by atoms with Gasteiger partial charge < -0.3 is 20.4 Å². The minimum absolute atomic E-state index is 0.152. The van der Waals surface area contributed by atoms with E-state index in [0.29, 0.717) is 12.0 Å². The fourth-order valence-corrected chi connectivity index (χ4v) is 3.77. The van der Waals surface area contributed by atoms with Crippen LogP contribution >= 0.6 is 11.6 Å². The number of aliphatic hydroxyl groups is 2. The Kier molecular flexibility index (Phi) is 9.06. The van der Waals surface area contributed by atoms with Gasteiger partial charge in [-0.25, -0.2) is 9.18 Å². The van der Waals surface area contributed by atoms with E-state index >= 15 is 0 Å². The van der Waals surface area contributed by atoms with Gasteiger partial charge >= 0.3 is 12.2 Å². The molecule has 11 heteroatoms. The van der Waals surface area contributed by atoms with Gasteiger partial charge in [0, 0.05) is 38.7 Å². The Morgan fingerprint density at radius 1 is 1.44 bits per heavy atom. The Bertz CT molecular complexity index is 852. The lowest BCUT2D eigenvalue weighted by atomic mass is 9.95. The lowest BCUT2D eigenvalue weighted by Gasteiger charge is -2.29. The summed E-state index contributed by atoms with van der Waals surface area (Å²) in [7, 11) is 1.44. The van der Waals surface area contributed by atoms with Crippen molar-refractivity contribution < 1.29 is 32.6 Å². The number of nitrogens with zero attached hydrogens (tertiary/aromatic N) is 2. The van der Waals surface area contributed by atoms with Crippen LogP contribution in [0.5, 0.6) is 0 Å². The molecule has 0 saturated carbocycles. The molecule has 2 unspecified atom stereocenters. The molecule has 0 fully saturated rings. The molecule has 0 aromatic rings. The number of urea groups is 1. The van der Waals surface area contributed by atoms with Crippen LogP contribution in [0.25, 0.3) is 0 Å². The Balaban J connectivity index is 1.97. The van der Waals surface area contributed by atoms with Crippen LogP contribution in [-0.4, -0.2) is 77.4 Å². The van der Waals surface area contributed by atoms with Crippen LogP contribution in [0, 0.1) is 0 Å². The minimum atomic E-state index is -4.53. The largest absolute Gasteiger partial charge is 0.414 e. The second-order valence-electron chi connectivity index (χ2n) is 7.48. The highest BCUT2D eigenvalue weighted by molar-refractivity contribution is 6.22. The molecule has 2 rings (SSSR count). The summed E-state index contributed by atoms with van der Waals surface area (Å²) in [5, 5.41) is 19.8. The molecular weight excluding hydrogens is 454 g/mol. The number of nitrogens with one attached hydrogen (secondary N) is 1. The van der Waals surface area contributed by atoms with Gasteiger partial charge in [0.25, 0.3) is 0 Å². The smallest absolute Gasteiger partial charge is 0.393 e.